The number of nitrogens with zero attached hydrogens (tertiary/aromatic N) is 3. The van der Waals surface area contributed by atoms with Gasteiger partial charge in [0.1, 0.15) is 18.3 Å². The first-order valence-electron chi connectivity index (χ1n) is 11.0. The number of benzene rings is 1. The molecule has 0 aliphatic carbocycles. The Hall–Kier alpha value is -2.72. The van der Waals surface area contributed by atoms with Gasteiger partial charge in [0.15, 0.2) is 12.2 Å². The van der Waals surface area contributed by atoms with Gasteiger partial charge in [-0.15, -0.1) is 0 Å². The molecule has 2 rings (SSSR count). The molecule has 0 unspecified atom stereocenters. The van der Waals surface area contributed by atoms with Gasteiger partial charge >= 0.3 is 19.5 Å². The normalized spacial score (nSPS) is 24.5. The summed E-state index contributed by atoms with van der Waals surface area (Å²) in [7, 11) is -3.60. The summed E-state index contributed by atoms with van der Waals surface area (Å²) in [5, 5.41) is 14.5. The van der Waals surface area contributed by atoms with Crippen molar-refractivity contribution in [1.29, 1.82) is 0 Å². The van der Waals surface area contributed by atoms with E-state index in [0.717, 1.165) is 5.56 Å². The highest BCUT2D eigenvalue weighted by atomic mass is 31.2. The Balaban J connectivity index is 2.41. The van der Waals surface area contributed by atoms with Crippen LogP contribution in [0.5, 0.6) is 0 Å². The lowest BCUT2D eigenvalue weighted by Crippen LogP contribution is -2.60. The zero-order valence-corrected chi connectivity index (χ0v) is 20.9. The summed E-state index contributed by atoms with van der Waals surface area (Å²) in [4.78, 5) is 26.3. The van der Waals surface area contributed by atoms with Crippen LogP contribution in [0.1, 0.15) is 33.3 Å². The van der Waals surface area contributed by atoms with Crippen LogP contribution in [0.2, 0.25) is 0 Å². The largest absolute Gasteiger partial charge is 0.456 e. The van der Waals surface area contributed by atoms with Crippen LogP contribution in [0.25, 0.3) is 10.4 Å². The number of esters is 2. The molecule has 0 amide bonds. The highest BCUT2D eigenvalue weighted by Gasteiger charge is 2.48. The lowest BCUT2D eigenvalue weighted by molar-refractivity contribution is -0.231. The molecule has 1 aromatic rings. The molecule has 0 aromatic heterocycles. The van der Waals surface area contributed by atoms with Gasteiger partial charge in [-0.3, -0.25) is 14.2 Å². The third-order valence-corrected chi connectivity index (χ3v) is 6.68. The van der Waals surface area contributed by atoms with Crippen LogP contribution in [0.15, 0.2) is 41.3 Å². The monoisotopic (exact) mass is 511 g/mol. The fourth-order valence-electron chi connectivity index (χ4n) is 3.60. The summed E-state index contributed by atoms with van der Waals surface area (Å²) in [6, 6.07) is 6.62. The number of aliphatic hydroxyl groups is 1. The Labute approximate surface area is 203 Å². The Morgan fingerprint density at radius 2 is 1.69 bits per heavy atom. The number of hydrogen-bond acceptors (Lipinski definition) is 10. The molecule has 13 heteroatoms. The minimum absolute atomic E-state index is 0.134. The van der Waals surface area contributed by atoms with E-state index >= 15 is 0 Å². The van der Waals surface area contributed by atoms with Crippen molar-refractivity contribution in [1.82, 2.24) is 0 Å². The summed E-state index contributed by atoms with van der Waals surface area (Å²) in [6.07, 6.45) is -4.26. The average molecular weight is 511 g/mol. The molecule has 192 valence electrons. The summed E-state index contributed by atoms with van der Waals surface area (Å²) in [5.74, 6) is -0.156. The van der Waals surface area contributed by atoms with Crippen molar-refractivity contribution >= 4 is 25.2 Å². The molecule has 1 aliphatic rings. The van der Waals surface area contributed by atoms with Gasteiger partial charge in [0.05, 0.1) is 13.2 Å². The van der Waals surface area contributed by atoms with Crippen molar-refractivity contribution in [3.05, 3.63) is 52.2 Å². The van der Waals surface area contributed by atoms with Gasteiger partial charge in [0.25, 0.3) is 0 Å². The number of rotatable bonds is 11. The minimum Gasteiger partial charge on any atom is -0.456 e. The summed E-state index contributed by atoms with van der Waals surface area (Å²) in [5.41, 5.74) is 9.73. The molecule has 1 saturated heterocycles. The second-order valence-electron chi connectivity index (χ2n) is 7.55. The maximum atomic E-state index is 12.8. The van der Waals surface area contributed by atoms with E-state index in [0.29, 0.717) is 5.69 Å². The molecular weight excluding hydrogens is 481 g/mol. The van der Waals surface area contributed by atoms with E-state index < -0.39 is 50.1 Å². The summed E-state index contributed by atoms with van der Waals surface area (Å²) >= 11 is 0. The van der Waals surface area contributed by atoms with E-state index in [2.05, 4.69) is 10.0 Å². The van der Waals surface area contributed by atoms with Gasteiger partial charge in [0, 0.05) is 36.7 Å². The Morgan fingerprint density at radius 1 is 1.11 bits per heavy atom. The average Bonchev–Trinajstić information content (AvgIpc) is 2.78. The van der Waals surface area contributed by atoms with Gasteiger partial charge in [-0.25, -0.2) is 0 Å². The second-order valence-corrected chi connectivity index (χ2v) is 9.45. The van der Waals surface area contributed by atoms with Crippen LogP contribution in [0, 0.1) is 0 Å². The molecule has 1 fully saturated rings. The topological polar surface area (TPSA) is 166 Å². The van der Waals surface area contributed by atoms with Gasteiger partial charge in [-0.1, -0.05) is 29.4 Å². The predicted molar refractivity (Wildman–Crippen MR) is 125 cm³/mol. The van der Waals surface area contributed by atoms with Gasteiger partial charge in [-0.05, 0) is 31.0 Å². The minimum atomic E-state index is -3.60. The first kappa shape index (κ1) is 28.5. The van der Waals surface area contributed by atoms with Crippen molar-refractivity contribution in [3.63, 3.8) is 0 Å². The van der Waals surface area contributed by atoms with E-state index in [1.165, 1.54) is 25.7 Å². The quantitative estimate of drug-likeness (QED) is 0.152. The molecule has 0 radical (unpaired) electrons. The molecule has 1 aliphatic heterocycles. The fourth-order valence-corrected chi connectivity index (χ4v) is 4.94. The molecular formula is C22H30N3O9P. The van der Waals surface area contributed by atoms with Gasteiger partial charge in [0.2, 0.25) is 0 Å². The molecule has 12 nitrogen and oxygen atoms in total. The van der Waals surface area contributed by atoms with Crippen molar-refractivity contribution in [2.24, 2.45) is 5.11 Å². The van der Waals surface area contributed by atoms with E-state index in [1.54, 1.807) is 38.1 Å². The van der Waals surface area contributed by atoms with E-state index in [-0.39, 0.29) is 19.6 Å². The lowest BCUT2D eigenvalue weighted by atomic mass is 9.91. The van der Waals surface area contributed by atoms with Crippen molar-refractivity contribution < 1.29 is 42.5 Å². The van der Waals surface area contributed by atoms with Crippen LogP contribution in [0.3, 0.4) is 0 Å². The first-order valence-corrected chi connectivity index (χ1v) is 12.6. The molecule has 0 saturated carbocycles. The van der Waals surface area contributed by atoms with E-state index in [9.17, 15) is 19.3 Å². The number of aliphatic hydroxyl groups excluding tert-OH is 1. The number of ether oxygens (including phenoxy) is 3. The van der Waals surface area contributed by atoms with Crippen LogP contribution >= 0.6 is 7.60 Å². The zero-order valence-electron chi connectivity index (χ0n) is 20.0. The van der Waals surface area contributed by atoms with Crippen LogP contribution < -0.4 is 0 Å². The zero-order chi connectivity index (χ0) is 26.0. The van der Waals surface area contributed by atoms with E-state index in [1.807, 2.05) is 0 Å². The number of carbonyl (C=O) groups is 2. The molecule has 5 atom stereocenters. The highest BCUT2D eigenvalue weighted by Crippen LogP contribution is 2.50. The van der Waals surface area contributed by atoms with Crippen LogP contribution in [0.4, 0.5) is 5.69 Å². The Kier molecular flexibility index (Phi) is 10.9. The third-order valence-electron chi connectivity index (χ3n) is 4.91. The third kappa shape index (κ3) is 8.47. The predicted octanol–water partition coefficient (Wildman–Crippen LogP) is 3.94. The molecule has 0 bridgehead atoms. The fraction of sp³-hybridized carbons (Fsp3) is 0.545. The molecule has 1 N–H and O–H groups in total. The van der Waals surface area contributed by atoms with Crippen molar-refractivity contribution in [2.45, 2.75) is 64.6 Å². The lowest BCUT2D eigenvalue weighted by Gasteiger charge is -2.43. The van der Waals surface area contributed by atoms with Gasteiger partial charge < -0.3 is 28.4 Å². The standard InChI is InChI=1S/C22H30N3O9P/c1-5-30-35(29,31-6-2)12-11-18-20(28)22(33-15(4)27)21(32-14(3)26)19(34-18)13-16-7-9-17(10-8-16)24-25-23/h7-12,18-22,28H,5-6,13H2,1-4H3/b12-11+/t18-,19-,20-,21-,22+/m1/s1. The van der Waals surface area contributed by atoms with Crippen molar-refractivity contribution in [3.8, 4) is 0 Å². The van der Waals surface area contributed by atoms with Gasteiger partial charge in [-0.2, -0.15) is 0 Å². The Morgan fingerprint density at radius 3 is 2.20 bits per heavy atom. The molecule has 0 spiro atoms. The second kappa shape index (κ2) is 13.4. The molecule has 1 heterocycles. The first-order chi connectivity index (χ1) is 16.6. The maximum Gasteiger partial charge on any atom is 0.353 e. The van der Waals surface area contributed by atoms with Crippen LogP contribution in [-0.4, -0.2) is 60.8 Å². The maximum absolute atomic E-state index is 12.8. The number of hydrogen-bond donors (Lipinski definition) is 1. The number of carbonyl (C=O) groups excluding carboxylic acids is 2. The SMILES string of the molecule is CCOP(=O)(/C=C/[C@H]1O[C@H](Cc2ccc(N=[N+]=[N-])cc2)[C@@H](OC(C)=O)[C@@H](OC(C)=O)[C@@H]1O)OCC. The smallest absolute Gasteiger partial charge is 0.353 e. The summed E-state index contributed by atoms with van der Waals surface area (Å²) in [6.45, 7) is 5.95. The Bertz CT molecular complexity index is 984. The number of azide groups is 1. The highest BCUT2D eigenvalue weighted by molar-refractivity contribution is 7.57. The van der Waals surface area contributed by atoms with E-state index in [4.69, 9.17) is 28.8 Å². The summed E-state index contributed by atoms with van der Waals surface area (Å²) < 4.78 is 40.1. The van der Waals surface area contributed by atoms with Crippen LogP contribution in [-0.2, 0) is 43.8 Å². The molecule has 1 aromatic carbocycles. The molecule has 35 heavy (non-hydrogen) atoms. The van der Waals surface area contributed by atoms with Crippen molar-refractivity contribution in [2.75, 3.05) is 13.2 Å².